The highest BCUT2D eigenvalue weighted by Crippen LogP contribution is 2.33. The summed E-state index contributed by atoms with van der Waals surface area (Å²) < 4.78 is 13.0. The number of rotatable bonds is 5. The number of hydrogen-bond acceptors (Lipinski definition) is 6. The van der Waals surface area contributed by atoms with Gasteiger partial charge in [-0.25, -0.2) is 9.29 Å². The van der Waals surface area contributed by atoms with E-state index in [-0.39, 0.29) is 18.9 Å². The predicted molar refractivity (Wildman–Crippen MR) is 106 cm³/mol. The highest BCUT2D eigenvalue weighted by atomic mass is 35.5. The summed E-state index contributed by atoms with van der Waals surface area (Å²) in [4.78, 5) is 39.0. The Morgan fingerprint density at radius 3 is 2.60 bits per heavy atom. The van der Waals surface area contributed by atoms with Crippen molar-refractivity contribution >= 4 is 35.0 Å². The zero-order chi connectivity index (χ0) is 21.4. The molecule has 0 bridgehead atoms. The van der Waals surface area contributed by atoms with Gasteiger partial charge in [-0.05, 0) is 42.3 Å². The van der Waals surface area contributed by atoms with Gasteiger partial charge in [-0.2, -0.15) is 5.11 Å². The third-order valence-corrected chi connectivity index (χ3v) is 5.39. The van der Waals surface area contributed by atoms with E-state index >= 15 is 0 Å². The van der Waals surface area contributed by atoms with Crippen LogP contribution in [0.4, 0.5) is 10.1 Å². The van der Waals surface area contributed by atoms with Crippen molar-refractivity contribution in [2.45, 2.75) is 25.6 Å². The van der Waals surface area contributed by atoms with Crippen LogP contribution in [0.5, 0.6) is 0 Å². The molecule has 30 heavy (non-hydrogen) atoms. The molecule has 0 aromatic heterocycles. The second kappa shape index (κ2) is 7.83. The lowest BCUT2D eigenvalue weighted by molar-refractivity contribution is -0.125. The standard InChI is InChI=1S/C20H17ClFN5O3/c1-11-2-7-14(8-15(11)21)27-19(29)17-18(20(27)30)26(25-24-17)10-16(28)23-9-12-3-5-13(22)6-4-12/h2-8,17-18H,9-10H2,1H3,(H,23,28)/t17-,18-/m0/s1. The molecule has 4 rings (SSSR count). The van der Waals surface area contributed by atoms with E-state index in [1.165, 1.54) is 17.1 Å². The van der Waals surface area contributed by atoms with Gasteiger partial charge in [0, 0.05) is 11.6 Å². The number of anilines is 1. The monoisotopic (exact) mass is 429 g/mol. The summed E-state index contributed by atoms with van der Waals surface area (Å²) in [6.45, 7) is 1.77. The van der Waals surface area contributed by atoms with Crippen LogP contribution in [0, 0.1) is 12.7 Å². The van der Waals surface area contributed by atoms with Gasteiger partial charge >= 0.3 is 0 Å². The Hall–Kier alpha value is -3.33. The van der Waals surface area contributed by atoms with Crippen LogP contribution in [-0.2, 0) is 20.9 Å². The zero-order valence-corrected chi connectivity index (χ0v) is 16.6. The molecule has 2 aromatic rings. The van der Waals surface area contributed by atoms with Gasteiger partial charge < -0.3 is 5.32 Å². The van der Waals surface area contributed by atoms with Crippen molar-refractivity contribution in [3.05, 3.63) is 64.4 Å². The molecule has 1 N–H and O–H groups in total. The summed E-state index contributed by atoms with van der Waals surface area (Å²) in [7, 11) is 0. The van der Waals surface area contributed by atoms with Crippen LogP contribution in [0.15, 0.2) is 52.8 Å². The van der Waals surface area contributed by atoms with Gasteiger partial charge in [0.1, 0.15) is 12.4 Å². The highest BCUT2D eigenvalue weighted by molar-refractivity contribution is 6.32. The van der Waals surface area contributed by atoms with Crippen molar-refractivity contribution in [3.8, 4) is 0 Å². The maximum Gasteiger partial charge on any atom is 0.263 e. The Morgan fingerprint density at radius 1 is 1.17 bits per heavy atom. The topological polar surface area (TPSA) is 94.4 Å². The number of carbonyl (C=O) groups excluding carboxylic acids is 3. The average Bonchev–Trinajstić information content (AvgIpc) is 3.23. The second-order valence-electron chi connectivity index (χ2n) is 7.04. The first-order valence-corrected chi connectivity index (χ1v) is 9.55. The first kappa shape index (κ1) is 20.0. The van der Waals surface area contributed by atoms with E-state index in [0.29, 0.717) is 10.7 Å². The zero-order valence-electron chi connectivity index (χ0n) is 15.9. The van der Waals surface area contributed by atoms with E-state index < -0.39 is 29.8 Å². The SMILES string of the molecule is Cc1ccc(N2C(=O)[C@H]3N=NN(CC(=O)NCc4ccc(F)cc4)[C@@H]3C2=O)cc1Cl. The Bertz CT molecular complexity index is 1060. The predicted octanol–water partition coefficient (Wildman–Crippen LogP) is 2.40. The van der Waals surface area contributed by atoms with Crippen LogP contribution < -0.4 is 10.2 Å². The number of nitrogens with one attached hydrogen (secondary N) is 1. The number of hydrogen-bond donors (Lipinski definition) is 1. The number of fused-ring (bicyclic) bond motifs is 1. The van der Waals surface area contributed by atoms with Gasteiger partial charge in [0.25, 0.3) is 11.8 Å². The van der Waals surface area contributed by atoms with Gasteiger partial charge in [0.05, 0.1) is 5.69 Å². The minimum Gasteiger partial charge on any atom is -0.350 e. The molecule has 0 saturated carbocycles. The Kier molecular flexibility index (Phi) is 5.21. The summed E-state index contributed by atoms with van der Waals surface area (Å²) >= 11 is 6.12. The van der Waals surface area contributed by atoms with Crippen LogP contribution in [0.1, 0.15) is 11.1 Å². The fraction of sp³-hybridized carbons (Fsp3) is 0.250. The van der Waals surface area contributed by atoms with Gasteiger partial charge in [0.15, 0.2) is 12.1 Å². The van der Waals surface area contributed by atoms with Crippen molar-refractivity contribution in [1.29, 1.82) is 0 Å². The molecule has 0 radical (unpaired) electrons. The molecule has 3 amide bonds. The summed E-state index contributed by atoms with van der Waals surface area (Å²) in [6.07, 6.45) is 0. The molecule has 1 saturated heterocycles. The molecule has 2 aliphatic heterocycles. The van der Waals surface area contributed by atoms with Gasteiger partial charge in [0.2, 0.25) is 5.91 Å². The maximum atomic E-state index is 13.0. The van der Waals surface area contributed by atoms with E-state index in [1.54, 1.807) is 30.3 Å². The summed E-state index contributed by atoms with van der Waals surface area (Å²) in [5, 5.41) is 12.1. The van der Waals surface area contributed by atoms with E-state index in [4.69, 9.17) is 11.6 Å². The summed E-state index contributed by atoms with van der Waals surface area (Å²) in [5.41, 5.74) is 1.89. The van der Waals surface area contributed by atoms with E-state index in [2.05, 4.69) is 15.7 Å². The Morgan fingerprint density at radius 2 is 1.90 bits per heavy atom. The van der Waals surface area contributed by atoms with E-state index in [1.807, 2.05) is 6.92 Å². The lowest BCUT2D eigenvalue weighted by Crippen LogP contribution is -2.44. The third kappa shape index (κ3) is 3.63. The fourth-order valence-corrected chi connectivity index (χ4v) is 3.51. The minimum atomic E-state index is -0.998. The molecule has 2 aliphatic rings. The lowest BCUT2D eigenvalue weighted by atomic mass is 10.1. The van der Waals surface area contributed by atoms with Crippen LogP contribution in [0.3, 0.4) is 0 Å². The molecule has 8 nitrogen and oxygen atoms in total. The molecular formula is C20H17ClFN5O3. The van der Waals surface area contributed by atoms with Crippen molar-refractivity contribution in [2.75, 3.05) is 11.4 Å². The normalized spacial score (nSPS) is 20.1. The summed E-state index contributed by atoms with van der Waals surface area (Å²) in [6, 6.07) is 8.64. The Labute approximate surface area is 176 Å². The first-order valence-electron chi connectivity index (χ1n) is 9.17. The van der Waals surface area contributed by atoms with Crippen molar-refractivity contribution in [3.63, 3.8) is 0 Å². The van der Waals surface area contributed by atoms with Crippen LogP contribution in [-0.4, -0.2) is 41.4 Å². The highest BCUT2D eigenvalue weighted by Gasteiger charge is 2.55. The van der Waals surface area contributed by atoms with E-state index in [9.17, 15) is 18.8 Å². The first-order chi connectivity index (χ1) is 14.3. The third-order valence-electron chi connectivity index (χ3n) is 4.98. The summed E-state index contributed by atoms with van der Waals surface area (Å²) in [5.74, 6) is -1.79. The molecule has 0 spiro atoms. The molecule has 1 fully saturated rings. The molecular weight excluding hydrogens is 413 g/mol. The van der Waals surface area contributed by atoms with Crippen molar-refractivity contribution < 1.29 is 18.8 Å². The number of nitrogens with zero attached hydrogens (tertiary/aromatic N) is 4. The molecule has 10 heteroatoms. The average molecular weight is 430 g/mol. The largest absolute Gasteiger partial charge is 0.350 e. The molecule has 154 valence electrons. The number of benzene rings is 2. The quantitative estimate of drug-likeness (QED) is 0.738. The number of imide groups is 1. The molecule has 2 aromatic carbocycles. The number of amides is 3. The van der Waals surface area contributed by atoms with Crippen molar-refractivity contribution in [1.82, 2.24) is 10.3 Å². The molecule has 2 atom stereocenters. The fourth-order valence-electron chi connectivity index (χ4n) is 3.34. The van der Waals surface area contributed by atoms with Crippen LogP contribution >= 0.6 is 11.6 Å². The lowest BCUT2D eigenvalue weighted by Gasteiger charge is -2.20. The number of aryl methyl sites for hydroxylation is 1. The second-order valence-corrected chi connectivity index (χ2v) is 7.45. The van der Waals surface area contributed by atoms with E-state index in [0.717, 1.165) is 16.0 Å². The molecule has 2 heterocycles. The van der Waals surface area contributed by atoms with Gasteiger partial charge in [-0.15, -0.1) is 0 Å². The van der Waals surface area contributed by atoms with Gasteiger partial charge in [-0.1, -0.05) is 35.0 Å². The Balaban J connectivity index is 1.43. The van der Waals surface area contributed by atoms with Gasteiger partial charge in [-0.3, -0.25) is 19.4 Å². The van der Waals surface area contributed by atoms with Crippen LogP contribution in [0.2, 0.25) is 5.02 Å². The number of halogens is 2. The molecule has 0 unspecified atom stereocenters. The number of carbonyl (C=O) groups is 3. The minimum absolute atomic E-state index is 0.194. The van der Waals surface area contributed by atoms with Crippen molar-refractivity contribution in [2.24, 2.45) is 10.3 Å². The molecule has 0 aliphatic carbocycles. The van der Waals surface area contributed by atoms with Crippen LogP contribution in [0.25, 0.3) is 0 Å². The maximum absolute atomic E-state index is 13.0. The smallest absolute Gasteiger partial charge is 0.263 e.